The first-order chi connectivity index (χ1) is 10.9. The van der Waals surface area contributed by atoms with Crippen molar-refractivity contribution in [3.8, 4) is 0 Å². The number of hydrogen-bond donors (Lipinski definition) is 2. The molecule has 1 saturated carbocycles. The van der Waals surface area contributed by atoms with Gasteiger partial charge in [0, 0.05) is 17.0 Å². The summed E-state index contributed by atoms with van der Waals surface area (Å²) in [4.78, 5) is 23.6. The van der Waals surface area contributed by atoms with E-state index in [1.165, 1.54) is 0 Å². The van der Waals surface area contributed by atoms with Crippen molar-refractivity contribution in [1.29, 1.82) is 0 Å². The van der Waals surface area contributed by atoms with Crippen LogP contribution < -0.4 is 5.32 Å². The second kappa shape index (κ2) is 5.72. The summed E-state index contributed by atoms with van der Waals surface area (Å²) in [6, 6.07) is 3.91. The Bertz CT molecular complexity index is 790. The van der Waals surface area contributed by atoms with E-state index in [-0.39, 0.29) is 17.9 Å². The van der Waals surface area contributed by atoms with E-state index in [9.17, 15) is 9.59 Å². The first kappa shape index (κ1) is 15.6. The van der Waals surface area contributed by atoms with Crippen LogP contribution in [0.3, 0.4) is 0 Å². The zero-order chi connectivity index (χ0) is 16.7. The third kappa shape index (κ3) is 2.71. The molecule has 122 valence electrons. The van der Waals surface area contributed by atoms with Crippen LogP contribution in [0.1, 0.15) is 46.5 Å². The second-order valence-electron chi connectivity index (χ2n) is 6.48. The van der Waals surface area contributed by atoms with Crippen molar-refractivity contribution in [2.75, 3.05) is 0 Å². The molecule has 0 saturated heterocycles. The molecule has 2 N–H and O–H groups in total. The van der Waals surface area contributed by atoms with Crippen molar-refractivity contribution in [2.24, 2.45) is 5.92 Å². The van der Waals surface area contributed by atoms with Crippen LogP contribution in [0, 0.1) is 26.7 Å². The fourth-order valence-electron chi connectivity index (χ4n) is 3.48. The van der Waals surface area contributed by atoms with Crippen LogP contribution in [0.15, 0.2) is 16.5 Å². The average Bonchev–Trinajstić information content (AvgIpc) is 3.08. The SMILES string of the molecule is Cc1ccc(C)c2c(C)c(C(=O)N[C@H]3CC[C@@H](C(=O)O)C3)oc12. The summed E-state index contributed by atoms with van der Waals surface area (Å²) in [5.41, 5.74) is 3.67. The van der Waals surface area contributed by atoms with Gasteiger partial charge in [-0.05, 0) is 51.2 Å². The van der Waals surface area contributed by atoms with Crippen molar-refractivity contribution in [2.45, 2.75) is 46.1 Å². The largest absolute Gasteiger partial charge is 0.481 e. The highest BCUT2D eigenvalue weighted by molar-refractivity contribution is 6.00. The maximum Gasteiger partial charge on any atom is 0.306 e. The summed E-state index contributed by atoms with van der Waals surface area (Å²) in [5, 5.41) is 13.0. The Kier molecular flexibility index (Phi) is 3.88. The lowest BCUT2D eigenvalue weighted by Crippen LogP contribution is -2.33. The molecule has 1 heterocycles. The predicted octanol–water partition coefficient (Wildman–Crippen LogP) is 3.34. The van der Waals surface area contributed by atoms with Gasteiger partial charge in [-0.1, -0.05) is 12.1 Å². The van der Waals surface area contributed by atoms with Gasteiger partial charge in [0.2, 0.25) is 0 Å². The highest BCUT2D eigenvalue weighted by Crippen LogP contribution is 2.31. The Hall–Kier alpha value is -2.30. The van der Waals surface area contributed by atoms with Gasteiger partial charge >= 0.3 is 5.97 Å². The molecule has 1 amide bonds. The molecule has 0 bridgehead atoms. The fourth-order valence-corrected chi connectivity index (χ4v) is 3.48. The third-order valence-corrected chi connectivity index (χ3v) is 4.81. The number of rotatable bonds is 3. The topological polar surface area (TPSA) is 79.5 Å². The van der Waals surface area contributed by atoms with Gasteiger partial charge in [0.05, 0.1) is 5.92 Å². The van der Waals surface area contributed by atoms with Crippen molar-refractivity contribution in [1.82, 2.24) is 5.32 Å². The Labute approximate surface area is 134 Å². The monoisotopic (exact) mass is 315 g/mol. The molecular formula is C18H21NO4. The van der Waals surface area contributed by atoms with Crippen LogP contribution in [-0.2, 0) is 4.79 Å². The average molecular weight is 315 g/mol. The summed E-state index contributed by atoms with van der Waals surface area (Å²) < 4.78 is 5.83. The Balaban J connectivity index is 1.85. The molecule has 0 spiro atoms. The summed E-state index contributed by atoms with van der Waals surface area (Å²) in [6.07, 6.45) is 1.79. The molecule has 1 fully saturated rings. The lowest BCUT2D eigenvalue weighted by molar-refractivity contribution is -0.141. The number of benzene rings is 1. The van der Waals surface area contributed by atoms with E-state index in [1.54, 1.807) is 0 Å². The lowest BCUT2D eigenvalue weighted by atomic mass is 10.0. The van der Waals surface area contributed by atoms with Crippen LogP contribution in [0.2, 0.25) is 0 Å². The predicted molar refractivity (Wildman–Crippen MR) is 86.7 cm³/mol. The quantitative estimate of drug-likeness (QED) is 0.910. The number of nitrogens with one attached hydrogen (secondary N) is 1. The molecular weight excluding hydrogens is 294 g/mol. The molecule has 1 aliphatic rings. The van der Waals surface area contributed by atoms with Crippen LogP contribution in [0.25, 0.3) is 11.0 Å². The number of hydrogen-bond acceptors (Lipinski definition) is 3. The summed E-state index contributed by atoms with van der Waals surface area (Å²) >= 11 is 0. The molecule has 1 aliphatic carbocycles. The highest BCUT2D eigenvalue weighted by atomic mass is 16.4. The van der Waals surface area contributed by atoms with E-state index in [2.05, 4.69) is 5.32 Å². The van der Waals surface area contributed by atoms with E-state index in [4.69, 9.17) is 9.52 Å². The normalized spacial score (nSPS) is 20.8. The number of amides is 1. The van der Waals surface area contributed by atoms with Crippen LogP contribution >= 0.6 is 0 Å². The van der Waals surface area contributed by atoms with Crippen LogP contribution in [0.4, 0.5) is 0 Å². The molecule has 0 radical (unpaired) electrons. The van der Waals surface area contributed by atoms with E-state index in [1.807, 2.05) is 32.9 Å². The minimum atomic E-state index is -0.784. The van der Waals surface area contributed by atoms with Gasteiger partial charge in [-0.15, -0.1) is 0 Å². The Morgan fingerprint density at radius 2 is 1.87 bits per heavy atom. The standard InChI is InChI=1S/C18H21NO4/c1-9-4-5-10(2)15-14(9)11(3)16(23-15)17(20)19-13-7-6-12(8-13)18(21)22/h4-5,12-13H,6-8H2,1-3H3,(H,19,20)(H,21,22)/t12-,13+/m1/s1. The fraction of sp³-hybridized carbons (Fsp3) is 0.444. The number of aryl methyl sites for hydroxylation is 3. The van der Waals surface area contributed by atoms with Gasteiger partial charge in [0.25, 0.3) is 5.91 Å². The van der Waals surface area contributed by atoms with E-state index >= 15 is 0 Å². The van der Waals surface area contributed by atoms with Crippen LogP contribution in [0.5, 0.6) is 0 Å². The van der Waals surface area contributed by atoms with Crippen molar-refractivity contribution in [3.05, 3.63) is 34.6 Å². The molecule has 23 heavy (non-hydrogen) atoms. The number of aliphatic carboxylic acids is 1. The van der Waals surface area contributed by atoms with Gasteiger partial charge in [-0.2, -0.15) is 0 Å². The first-order valence-corrected chi connectivity index (χ1v) is 7.91. The molecule has 5 heteroatoms. The number of carbonyl (C=O) groups excluding carboxylic acids is 1. The Morgan fingerprint density at radius 1 is 1.17 bits per heavy atom. The second-order valence-corrected chi connectivity index (χ2v) is 6.48. The number of furan rings is 1. The molecule has 2 atom stereocenters. The minimum absolute atomic E-state index is 0.0987. The van der Waals surface area contributed by atoms with E-state index in [0.717, 1.165) is 27.7 Å². The molecule has 5 nitrogen and oxygen atoms in total. The third-order valence-electron chi connectivity index (χ3n) is 4.81. The van der Waals surface area contributed by atoms with Crippen LogP contribution in [-0.4, -0.2) is 23.0 Å². The molecule has 1 aromatic carbocycles. The van der Waals surface area contributed by atoms with Gasteiger partial charge in [-0.25, -0.2) is 0 Å². The Morgan fingerprint density at radius 3 is 2.48 bits per heavy atom. The number of fused-ring (bicyclic) bond motifs is 1. The maximum absolute atomic E-state index is 12.5. The summed E-state index contributed by atoms with van der Waals surface area (Å²) in [6.45, 7) is 5.85. The number of carbonyl (C=O) groups is 2. The van der Waals surface area contributed by atoms with Gasteiger partial charge in [-0.3, -0.25) is 9.59 Å². The minimum Gasteiger partial charge on any atom is -0.481 e. The molecule has 3 rings (SSSR count). The van der Waals surface area contributed by atoms with E-state index < -0.39 is 5.97 Å². The smallest absolute Gasteiger partial charge is 0.306 e. The molecule has 1 aromatic heterocycles. The molecule has 0 aliphatic heterocycles. The van der Waals surface area contributed by atoms with Gasteiger partial charge < -0.3 is 14.8 Å². The highest BCUT2D eigenvalue weighted by Gasteiger charge is 2.31. The summed E-state index contributed by atoms with van der Waals surface area (Å²) in [7, 11) is 0. The van der Waals surface area contributed by atoms with Crippen molar-refractivity contribution < 1.29 is 19.1 Å². The number of carboxylic acid groups (broad SMARTS) is 1. The zero-order valence-electron chi connectivity index (χ0n) is 13.6. The maximum atomic E-state index is 12.5. The first-order valence-electron chi connectivity index (χ1n) is 7.91. The molecule has 0 unspecified atom stereocenters. The van der Waals surface area contributed by atoms with Gasteiger partial charge in [0.15, 0.2) is 5.76 Å². The zero-order valence-corrected chi connectivity index (χ0v) is 13.6. The lowest BCUT2D eigenvalue weighted by Gasteiger charge is -2.11. The van der Waals surface area contributed by atoms with Gasteiger partial charge in [0.1, 0.15) is 5.58 Å². The van der Waals surface area contributed by atoms with E-state index in [0.29, 0.717) is 25.0 Å². The molecule has 2 aromatic rings. The van der Waals surface area contributed by atoms with Crippen molar-refractivity contribution in [3.63, 3.8) is 0 Å². The summed E-state index contributed by atoms with van der Waals surface area (Å²) in [5.74, 6) is -1.07. The number of carboxylic acids is 1. The van der Waals surface area contributed by atoms with Crippen molar-refractivity contribution >= 4 is 22.8 Å².